The summed E-state index contributed by atoms with van der Waals surface area (Å²) in [6, 6.07) is -2.13. The van der Waals surface area contributed by atoms with Crippen LogP contribution < -0.4 is 17.0 Å². The van der Waals surface area contributed by atoms with Crippen LogP contribution in [0, 0.1) is 6.92 Å². The molecule has 1 aromatic heterocycles. The van der Waals surface area contributed by atoms with Crippen LogP contribution in [0.5, 0.6) is 0 Å². The monoisotopic (exact) mass is 237 g/mol. The van der Waals surface area contributed by atoms with Crippen LogP contribution in [0.3, 0.4) is 0 Å². The van der Waals surface area contributed by atoms with Gasteiger partial charge < -0.3 is 5.73 Å². The zero-order valence-electron chi connectivity index (χ0n) is 8.34. The molecule has 0 aromatic carbocycles. The Kier molecular flexibility index (Phi) is 3.22. The molecule has 16 heavy (non-hydrogen) atoms. The second-order valence-electron chi connectivity index (χ2n) is 3.27. The number of hydrogen-bond acceptors (Lipinski definition) is 3. The molecule has 8 heteroatoms. The molecule has 3 N–H and O–H groups in total. The number of aromatic amines is 1. The van der Waals surface area contributed by atoms with Gasteiger partial charge in [0.1, 0.15) is 6.04 Å². The smallest absolute Gasteiger partial charge is 0.328 e. The molecule has 0 saturated carbocycles. The van der Waals surface area contributed by atoms with Crippen molar-refractivity contribution >= 4 is 0 Å². The molecule has 1 atom stereocenters. The van der Waals surface area contributed by atoms with Crippen molar-refractivity contribution in [2.75, 3.05) is 6.54 Å². The lowest BCUT2D eigenvalue weighted by Gasteiger charge is -2.20. The fraction of sp³-hybridized carbons (Fsp3) is 0.500. The number of aromatic nitrogens is 2. The fourth-order valence-electron chi connectivity index (χ4n) is 1.22. The van der Waals surface area contributed by atoms with Gasteiger partial charge in [-0.25, -0.2) is 4.79 Å². The third-order valence-corrected chi connectivity index (χ3v) is 2.08. The average molecular weight is 237 g/mol. The van der Waals surface area contributed by atoms with E-state index in [9.17, 15) is 22.8 Å². The van der Waals surface area contributed by atoms with Crippen molar-refractivity contribution in [3.8, 4) is 0 Å². The molecule has 1 heterocycles. The van der Waals surface area contributed by atoms with Crippen molar-refractivity contribution < 1.29 is 13.2 Å². The number of aryl methyl sites for hydroxylation is 1. The van der Waals surface area contributed by atoms with Crippen molar-refractivity contribution in [2.24, 2.45) is 5.73 Å². The van der Waals surface area contributed by atoms with Crippen LogP contribution in [-0.4, -0.2) is 22.3 Å². The molecular formula is C8H10F3N3O2. The summed E-state index contributed by atoms with van der Waals surface area (Å²) >= 11 is 0. The fourth-order valence-corrected chi connectivity index (χ4v) is 1.22. The van der Waals surface area contributed by atoms with E-state index in [1.165, 1.54) is 6.92 Å². The highest BCUT2D eigenvalue weighted by atomic mass is 19.4. The van der Waals surface area contributed by atoms with Gasteiger partial charge in [0.15, 0.2) is 0 Å². The number of H-pyrrole nitrogens is 1. The van der Waals surface area contributed by atoms with E-state index in [0.29, 0.717) is 4.57 Å². The van der Waals surface area contributed by atoms with Crippen molar-refractivity contribution in [1.82, 2.24) is 9.55 Å². The van der Waals surface area contributed by atoms with Crippen LogP contribution in [0.4, 0.5) is 13.2 Å². The second kappa shape index (κ2) is 4.12. The average Bonchev–Trinajstić information content (AvgIpc) is 2.12. The third kappa shape index (κ3) is 2.32. The molecule has 0 fully saturated rings. The lowest BCUT2D eigenvalue weighted by atomic mass is 10.2. The standard InChI is InChI=1S/C8H10F3N3O2/c1-4-3-14(7(16)13-6(4)15)5(2-12)8(9,10)11/h3,5H,2,12H2,1H3,(H,13,15,16). The number of alkyl halides is 3. The summed E-state index contributed by atoms with van der Waals surface area (Å²) in [6.45, 7) is 0.535. The Morgan fingerprint density at radius 3 is 2.50 bits per heavy atom. The van der Waals surface area contributed by atoms with E-state index in [2.05, 4.69) is 0 Å². The van der Waals surface area contributed by atoms with Crippen LogP contribution in [0.25, 0.3) is 0 Å². The number of hydrogen-bond donors (Lipinski definition) is 2. The van der Waals surface area contributed by atoms with Crippen molar-refractivity contribution in [3.05, 3.63) is 32.6 Å². The third-order valence-electron chi connectivity index (χ3n) is 2.08. The summed E-state index contributed by atoms with van der Waals surface area (Å²) in [6.07, 6.45) is -3.78. The Bertz CT molecular complexity index is 489. The van der Waals surface area contributed by atoms with E-state index in [4.69, 9.17) is 5.73 Å². The minimum atomic E-state index is -4.64. The minimum absolute atomic E-state index is 0.0160. The summed E-state index contributed by atoms with van der Waals surface area (Å²) in [4.78, 5) is 24.0. The van der Waals surface area contributed by atoms with Crippen LogP contribution in [0.2, 0.25) is 0 Å². The first-order valence-electron chi connectivity index (χ1n) is 4.36. The molecule has 1 rings (SSSR count). The van der Waals surface area contributed by atoms with Crippen molar-refractivity contribution in [1.29, 1.82) is 0 Å². The van der Waals surface area contributed by atoms with Gasteiger partial charge in [-0.05, 0) is 6.92 Å². The molecule has 0 bridgehead atoms. The summed E-state index contributed by atoms with van der Waals surface area (Å²) in [7, 11) is 0. The molecule has 1 aromatic rings. The maximum Gasteiger partial charge on any atom is 0.410 e. The molecule has 1 unspecified atom stereocenters. The first-order chi connectivity index (χ1) is 7.27. The minimum Gasteiger partial charge on any atom is -0.328 e. The summed E-state index contributed by atoms with van der Waals surface area (Å²) in [5.41, 5.74) is 3.16. The molecule has 0 spiro atoms. The zero-order chi connectivity index (χ0) is 12.5. The van der Waals surface area contributed by atoms with Gasteiger partial charge in [-0.2, -0.15) is 13.2 Å². The number of rotatable bonds is 2. The second-order valence-corrected chi connectivity index (χ2v) is 3.27. The molecule has 0 aliphatic heterocycles. The van der Waals surface area contributed by atoms with E-state index in [1.807, 2.05) is 0 Å². The Morgan fingerprint density at radius 1 is 1.50 bits per heavy atom. The van der Waals surface area contributed by atoms with Gasteiger partial charge in [0.25, 0.3) is 5.56 Å². The van der Waals surface area contributed by atoms with Crippen LogP contribution in [0.1, 0.15) is 11.6 Å². The topological polar surface area (TPSA) is 80.9 Å². The molecular weight excluding hydrogens is 227 g/mol. The van der Waals surface area contributed by atoms with E-state index in [1.54, 1.807) is 4.98 Å². The van der Waals surface area contributed by atoms with E-state index in [-0.39, 0.29) is 5.56 Å². The number of nitrogens with two attached hydrogens (primary N) is 1. The number of nitrogens with zero attached hydrogens (tertiary/aromatic N) is 1. The van der Waals surface area contributed by atoms with E-state index in [0.717, 1.165) is 6.20 Å². The van der Waals surface area contributed by atoms with Gasteiger partial charge in [0, 0.05) is 18.3 Å². The van der Waals surface area contributed by atoms with Crippen molar-refractivity contribution in [3.63, 3.8) is 0 Å². The zero-order valence-corrected chi connectivity index (χ0v) is 8.34. The SMILES string of the molecule is Cc1cn(C(CN)C(F)(F)F)c(=O)[nH]c1=O. The quantitative estimate of drug-likeness (QED) is 0.754. The van der Waals surface area contributed by atoms with Gasteiger partial charge in [0.2, 0.25) is 0 Å². The van der Waals surface area contributed by atoms with Gasteiger partial charge >= 0.3 is 11.9 Å². The van der Waals surface area contributed by atoms with Gasteiger partial charge in [0.05, 0.1) is 0 Å². The summed E-state index contributed by atoms with van der Waals surface area (Å²) in [5.74, 6) is 0. The highest BCUT2D eigenvalue weighted by Crippen LogP contribution is 2.28. The first-order valence-corrected chi connectivity index (χ1v) is 4.36. The molecule has 90 valence electrons. The van der Waals surface area contributed by atoms with Gasteiger partial charge in [-0.1, -0.05) is 0 Å². The Balaban J connectivity index is 3.38. The molecule has 5 nitrogen and oxygen atoms in total. The molecule has 0 amide bonds. The van der Waals surface area contributed by atoms with Gasteiger partial charge in [-0.15, -0.1) is 0 Å². The van der Waals surface area contributed by atoms with Gasteiger partial charge in [-0.3, -0.25) is 14.3 Å². The highest BCUT2D eigenvalue weighted by Gasteiger charge is 2.40. The first kappa shape index (κ1) is 12.5. The Morgan fingerprint density at radius 2 is 2.06 bits per heavy atom. The lowest BCUT2D eigenvalue weighted by molar-refractivity contribution is -0.166. The van der Waals surface area contributed by atoms with Crippen molar-refractivity contribution in [2.45, 2.75) is 19.1 Å². The highest BCUT2D eigenvalue weighted by molar-refractivity contribution is 5.02. The lowest BCUT2D eigenvalue weighted by Crippen LogP contribution is -2.42. The molecule has 0 aliphatic rings. The Hall–Kier alpha value is -1.57. The van der Waals surface area contributed by atoms with Crippen LogP contribution >= 0.6 is 0 Å². The van der Waals surface area contributed by atoms with E-state index >= 15 is 0 Å². The molecule has 0 radical (unpaired) electrons. The summed E-state index contributed by atoms with van der Waals surface area (Å²) < 4.78 is 37.8. The molecule has 0 aliphatic carbocycles. The van der Waals surface area contributed by atoms with Crippen LogP contribution in [0.15, 0.2) is 15.8 Å². The van der Waals surface area contributed by atoms with E-state index < -0.39 is 30.0 Å². The predicted octanol–water partition coefficient (Wildman–Crippen LogP) is -0.0929. The predicted molar refractivity (Wildman–Crippen MR) is 50.2 cm³/mol. The summed E-state index contributed by atoms with van der Waals surface area (Å²) in [5, 5.41) is 0. The van der Waals surface area contributed by atoms with Crippen LogP contribution in [-0.2, 0) is 0 Å². The number of nitrogens with one attached hydrogen (secondary N) is 1. The maximum absolute atomic E-state index is 12.5. The normalized spacial score (nSPS) is 13.8. The number of halogens is 3. The Labute approximate surface area is 87.7 Å². The largest absolute Gasteiger partial charge is 0.410 e. The maximum atomic E-state index is 12.5. The molecule has 0 saturated heterocycles.